The zero-order valence-electron chi connectivity index (χ0n) is 13.3. The van der Waals surface area contributed by atoms with E-state index in [4.69, 9.17) is 11.6 Å². The van der Waals surface area contributed by atoms with Gasteiger partial charge in [0.05, 0.1) is 12.6 Å². The predicted molar refractivity (Wildman–Crippen MR) is 93.8 cm³/mol. The van der Waals surface area contributed by atoms with Gasteiger partial charge in [0, 0.05) is 22.8 Å². The molecule has 122 valence electrons. The van der Waals surface area contributed by atoms with Crippen LogP contribution in [0.2, 0.25) is 5.02 Å². The van der Waals surface area contributed by atoms with Crippen molar-refractivity contribution in [3.8, 4) is 0 Å². The van der Waals surface area contributed by atoms with Crippen molar-refractivity contribution in [2.45, 2.75) is 20.0 Å². The van der Waals surface area contributed by atoms with E-state index in [2.05, 4.69) is 10.6 Å². The highest BCUT2D eigenvalue weighted by Crippen LogP contribution is 2.22. The number of hydrogen-bond acceptors (Lipinski definition) is 3. The number of aliphatic hydroxyl groups excluding tert-OH is 1. The third-order valence-corrected chi connectivity index (χ3v) is 4.01. The summed E-state index contributed by atoms with van der Waals surface area (Å²) in [7, 11) is 0. The first-order valence-corrected chi connectivity index (χ1v) is 7.86. The lowest BCUT2D eigenvalue weighted by atomic mass is 10.1. The Hall–Kier alpha value is -2.04. The number of carbonyl (C=O) groups excluding carboxylic acids is 1. The Labute approximate surface area is 141 Å². The maximum atomic E-state index is 11.9. The number of para-hydroxylation sites is 1. The molecule has 0 saturated heterocycles. The summed E-state index contributed by atoms with van der Waals surface area (Å²) in [5.41, 5.74) is 3.76. The zero-order valence-corrected chi connectivity index (χ0v) is 14.0. The van der Waals surface area contributed by atoms with Crippen molar-refractivity contribution in [2.75, 3.05) is 18.4 Å². The van der Waals surface area contributed by atoms with Gasteiger partial charge in [-0.2, -0.15) is 0 Å². The summed E-state index contributed by atoms with van der Waals surface area (Å²) in [4.78, 5) is 11.9. The molecule has 0 spiro atoms. The van der Waals surface area contributed by atoms with E-state index in [1.54, 1.807) is 24.3 Å². The van der Waals surface area contributed by atoms with Gasteiger partial charge < -0.3 is 15.7 Å². The standard InChI is InChI=1S/C18H21ClN2O2/c1-12-6-5-7-13(2)18(12)21-11-17(23)20-10-16(22)14-8-3-4-9-15(14)19/h3-9,16,21-22H,10-11H2,1-2H3,(H,20,23). The SMILES string of the molecule is Cc1cccc(C)c1NCC(=O)NCC(O)c1ccccc1Cl. The molecule has 2 aromatic rings. The van der Waals surface area contributed by atoms with Gasteiger partial charge in [-0.05, 0) is 31.0 Å². The van der Waals surface area contributed by atoms with Gasteiger partial charge in [0.25, 0.3) is 0 Å². The fraction of sp³-hybridized carbons (Fsp3) is 0.278. The van der Waals surface area contributed by atoms with E-state index in [0.29, 0.717) is 10.6 Å². The van der Waals surface area contributed by atoms with Gasteiger partial charge in [-0.1, -0.05) is 48.0 Å². The molecule has 1 amide bonds. The highest BCUT2D eigenvalue weighted by molar-refractivity contribution is 6.31. The summed E-state index contributed by atoms with van der Waals surface area (Å²) in [6.45, 7) is 4.26. The average Bonchev–Trinajstić information content (AvgIpc) is 2.52. The molecule has 0 fully saturated rings. The van der Waals surface area contributed by atoms with Gasteiger partial charge in [-0.15, -0.1) is 0 Å². The number of carbonyl (C=O) groups is 1. The molecule has 0 saturated carbocycles. The number of aliphatic hydroxyl groups is 1. The molecule has 0 aliphatic rings. The zero-order chi connectivity index (χ0) is 16.8. The second-order valence-electron chi connectivity index (χ2n) is 5.46. The first-order valence-electron chi connectivity index (χ1n) is 7.48. The molecule has 2 aromatic carbocycles. The Morgan fingerprint density at radius 2 is 1.78 bits per heavy atom. The van der Waals surface area contributed by atoms with E-state index in [0.717, 1.165) is 16.8 Å². The number of aryl methyl sites for hydroxylation is 2. The van der Waals surface area contributed by atoms with Crippen LogP contribution in [0.25, 0.3) is 0 Å². The lowest BCUT2D eigenvalue weighted by molar-refractivity contribution is -0.119. The van der Waals surface area contributed by atoms with E-state index in [1.807, 2.05) is 32.0 Å². The minimum Gasteiger partial charge on any atom is -0.387 e. The second kappa shape index (κ2) is 7.99. The third-order valence-electron chi connectivity index (χ3n) is 3.66. The molecule has 1 unspecified atom stereocenters. The monoisotopic (exact) mass is 332 g/mol. The normalized spacial score (nSPS) is 11.8. The van der Waals surface area contributed by atoms with Crippen LogP contribution in [0.15, 0.2) is 42.5 Å². The molecule has 1 atom stereocenters. The molecule has 2 rings (SSSR count). The van der Waals surface area contributed by atoms with Crippen LogP contribution >= 0.6 is 11.6 Å². The first kappa shape index (κ1) is 17.3. The number of hydrogen-bond donors (Lipinski definition) is 3. The lowest BCUT2D eigenvalue weighted by Crippen LogP contribution is -2.33. The number of nitrogens with one attached hydrogen (secondary N) is 2. The summed E-state index contributed by atoms with van der Waals surface area (Å²) in [5.74, 6) is -0.182. The summed E-state index contributed by atoms with van der Waals surface area (Å²) in [6.07, 6.45) is -0.826. The molecule has 0 aliphatic heterocycles. The maximum absolute atomic E-state index is 11.9. The fourth-order valence-electron chi connectivity index (χ4n) is 2.39. The van der Waals surface area contributed by atoms with Crippen molar-refractivity contribution in [1.29, 1.82) is 0 Å². The van der Waals surface area contributed by atoms with Crippen LogP contribution in [-0.4, -0.2) is 24.1 Å². The van der Waals surface area contributed by atoms with Gasteiger partial charge >= 0.3 is 0 Å². The van der Waals surface area contributed by atoms with Crippen LogP contribution in [-0.2, 0) is 4.79 Å². The van der Waals surface area contributed by atoms with Crippen LogP contribution in [0.4, 0.5) is 5.69 Å². The number of halogens is 1. The van der Waals surface area contributed by atoms with Crippen LogP contribution in [0.5, 0.6) is 0 Å². The molecule has 0 aliphatic carbocycles. The molecule has 0 bridgehead atoms. The van der Waals surface area contributed by atoms with Crippen molar-refractivity contribution < 1.29 is 9.90 Å². The topological polar surface area (TPSA) is 61.4 Å². The molecule has 23 heavy (non-hydrogen) atoms. The molecule has 0 radical (unpaired) electrons. The highest BCUT2D eigenvalue weighted by Gasteiger charge is 2.12. The lowest BCUT2D eigenvalue weighted by Gasteiger charge is -2.15. The van der Waals surface area contributed by atoms with E-state index >= 15 is 0 Å². The molecule has 0 heterocycles. The Morgan fingerprint density at radius 3 is 2.43 bits per heavy atom. The largest absolute Gasteiger partial charge is 0.387 e. The summed E-state index contributed by atoms with van der Waals surface area (Å²) in [5, 5.41) is 16.4. The van der Waals surface area contributed by atoms with E-state index in [-0.39, 0.29) is 19.0 Å². The quantitative estimate of drug-likeness (QED) is 0.761. The van der Waals surface area contributed by atoms with Crippen molar-refractivity contribution >= 4 is 23.2 Å². The Balaban J connectivity index is 1.85. The van der Waals surface area contributed by atoms with Gasteiger partial charge in [-0.3, -0.25) is 4.79 Å². The third kappa shape index (κ3) is 4.71. The summed E-state index contributed by atoms with van der Waals surface area (Å²) >= 11 is 6.03. The summed E-state index contributed by atoms with van der Waals surface area (Å²) in [6, 6.07) is 13.0. The highest BCUT2D eigenvalue weighted by atomic mass is 35.5. The second-order valence-corrected chi connectivity index (χ2v) is 5.87. The van der Waals surface area contributed by atoms with Gasteiger partial charge in [0.2, 0.25) is 5.91 Å². The van der Waals surface area contributed by atoms with E-state index in [1.165, 1.54) is 0 Å². The van der Waals surface area contributed by atoms with Crippen molar-refractivity contribution in [1.82, 2.24) is 5.32 Å². The van der Waals surface area contributed by atoms with Crippen molar-refractivity contribution in [3.05, 3.63) is 64.2 Å². The van der Waals surface area contributed by atoms with E-state index < -0.39 is 6.10 Å². The van der Waals surface area contributed by atoms with Crippen LogP contribution < -0.4 is 10.6 Å². The smallest absolute Gasteiger partial charge is 0.239 e. The first-order chi connectivity index (χ1) is 11.0. The van der Waals surface area contributed by atoms with Gasteiger partial charge in [0.1, 0.15) is 0 Å². The molecular weight excluding hydrogens is 312 g/mol. The Kier molecular flexibility index (Phi) is 6.02. The number of benzene rings is 2. The molecule has 0 aromatic heterocycles. The van der Waals surface area contributed by atoms with Crippen molar-refractivity contribution in [2.24, 2.45) is 0 Å². The number of amides is 1. The van der Waals surface area contributed by atoms with Crippen LogP contribution in [0.1, 0.15) is 22.8 Å². The Bertz CT molecular complexity index is 668. The fourth-order valence-corrected chi connectivity index (χ4v) is 2.65. The molecular formula is C18H21ClN2O2. The minimum atomic E-state index is -0.826. The molecule has 4 nitrogen and oxygen atoms in total. The van der Waals surface area contributed by atoms with Crippen LogP contribution in [0.3, 0.4) is 0 Å². The van der Waals surface area contributed by atoms with Gasteiger partial charge in [-0.25, -0.2) is 0 Å². The predicted octanol–water partition coefficient (Wildman–Crippen LogP) is 3.22. The number of anilines is 1. The van der Waals surface area contributed by atoms with Gasteiger partial charge in [0.15, 0.2) is 0 Å². The Morgan fingerprint density at radius 1 is 1.13 bits per heavy atom. The van der Waals surface area contributed by atoms with E-state index in [9.17, 15) is 9.90 Å². The molecule has 5 heteroatoms. The maximum Gasteiger partial charge on any atom is 0.239 e. The molecule has 3 N–H and O–H groups in total. The van der Waals surface area contributed by atoms with Crippen LogP contribution in [0, 0.1) is 13.8 Å². The van der Waals surface area contributed by atoms with Crippen molar-refractivity contribution in [3.63, 3.8) is 0 Å². The summed E-state index contributed by atoms with van der Waals surface area (Å²) < 4.78 is 0. The number of rotatable bonds is 6. The minimum absolute atomic E-state index is 0.122. The average molecular weight is 333 g/mol.